The number of benzene rings is 1. The highest BCUT2D eigenvalue weighted by Crippen LogP contribution is 2.44. The van der Waals surface area contributed by atoms with Gasteiger partial charge in [-0.3, -0.25) is 0 Å². The Morgan fingerprint density at radius 1 is 1.23 bits per heavy atom. The fourth-order valence-electron chi connectivity index (χ4n) is 4.00. The molecule has 3 heteroatoms. The molecule has 116 valence electrons. The minimum atomic E-state index is 0.265. The lowest BCUT2D eigenvalue weighted by Crippen LogP contribution is -2.47. The van der Waals surface area contributed by atoms with Crippen molar-refractivity contribution in [1.82, 2.24) is 5.32 Å². The summed E-state index contributed by atoms with van der Waals surface area (Å²) in [4.78, 5) is 0. The van der Waals surface area contributed by atoms with E-state index in [1.54, 1.807) is 0 Å². The zero-order valence-electron chi connectivity index (χ0n) is 13.0. The van der Waals surface area contributed by atoms with Crippen molar-refractivity contribution in [2.45, 2.75) is 36.7 Å². The maximum absolute atomic E-state index is 6.24. The minimum Gasteiger partial charge on any atom is -0.378 e. The molecule has 2 fully saturated rings. The second kappa shape index (κ2) is 6.13. The highest BCUT2D eigenvalue weighted by Gasteiger charge is 2.42. The molecule has 4 rings (SSSR count). The molecule has 4 unspecified atom stereocenters. The van der Waals surface area contributed by atoms with E-state index < -0.39 is 0 Å². The lowest BCUT2D eigenvalue weighted by Gasteiger charge is -2.46. The van der Waals surface area contributed by atoms with Gasteiger partial charge in [-0.15, -0.1) is 0 Å². The number of fused-ring (bicyclic) bond motifs is 3. The maximum Gasteiger partial charge on any atom is 0.0893 e. The fraction of sp³-hybridized carbons (Fsp3) is 0.474. The Balaban J connectivity index is 1.70. The van der Waals surface area contributed by atoms with E-state index in [2.05, 4.69) is 54.1 Å². The van der Waals surface area contributed by atoms with E-state index in [9.17, 15) is 0 Å². The number of hydrogen-bond donors (Lipinski definition) is 1. The molecule has 22 heavy (non-hydrogen) atoms. The van der Waals surface area contributed by atoms with Crippen LogP contribution in [0.3, 0.4) is 0 Å². The second-order valence-electron chi connectivity index (χ2n) is 6.38. The molecule has 1 aliphatic carbocycles. The number of hydrogen-bond acceptors (Lipinski definition) is 3. The van der Waals surface area contributed by atoms with Crippen molar-refractivity contribution in [2.75, 3.05) is 12.9 Å². The third-order valence-corrected chi connectivity index (χ3v) is 6.04. The van der Waals surface area contributed by atoms with Crippen molar-refractivity contribution in [3.05, 3.63) is 59.3 Å². The van der Waals surface area contributed by atoms with E-state index in [1.807, 2.05) is 11.8 Å². The van der Waals surface area contributed by atoms with Gasteiger partial charge in [0, 0.05) is 29.0 Å². The number of thioether (sulfide) groups is 1. The predicted molar refractivity (Wildman–Crippen MR) is 92.9 cm³/mol. The normalized spacial score (nSPS) is 33.9. The van der Waals surface area contributed by atoms with Crippen LogP contribution in [0.5, 0.6) is 0 Å². The van der Waals surface area contributed by atoms with E-state index in [0.29, 0.717) is 17.2 Å². The Bertz CT molecular complexity index is 595. The molecular weight excluding hydrogens is 290 g/mol. The molecule has 2 nitrogen and oxygen atoms in total. The van der Waals surface area contributed by atoms with Crippen LogP contribution in [0.15, 0.2) is 53.8 Å². The minimum absolute atomic E-state index is 0.265. The molecule has 1 N–H and O–H groups in total. The van der Waals surface area contributed by atoms with Crippen molar-refractivity contribution in [3.8, 4) is 0 Å². The van der Waals surface area contributed by atoms with Crippen LogP contribution in [0, 0.1) is 5.92 Å². The molecule has 1 aromatic carbocycles. The van der Waals surface area contributed by atoms with Crippen LogP contribution in [-0.4, -0.2) is 24.2 Å². The Morgan fingerprint density at radius 3 is 2.91 bits per heavy atom. The predicted octanol–water partition coefficient (Wildman–Crippen LogP) is 4.07. The Morgan fingerprint density at radius 2 is 2.09 bits per heavy atom. The lowest BCUT2D eigenvalue weighted by atomic mass is 9.75. The topological polar surface area (TPSA) is 21.3 Å². The highest BCUT2D eigenvalue weighted by molar-refractivity contribution is 7.99. The highest BCUT2D eigenvalue weighted by atomic mass is 32.2. The van der Waals surface area contributed by atoms with Crippen LogP contribution in [0.25, 0.3) is 0 Å². The van der Waals surface area contributed by atoms with Gasteiger partial charge in [-0.1, -0.05) is 42.5 Å². The average molecular weight is 313 g/mol. The van der Waals surface area contributed by atoms with Crippen LogP contribution >= 0.6 is 11.8 Å². The first-order chi connectivity index (χ1) is 10.9. The molecule has 0 spiro atoms. The Hall–Kier alpha value is -1.19. The first kappa shape index (κ1) is 14.4. The van der Waals surface area contributed by atoms with E-state index in [-0.39, 0.29) is 6.10 Å². The van der Waals surface area contributed by atoms with Gasteiger partial charge in [-0.2, -0.15) is 11.8 Å². The van der Waals surface area contributed by atoms with E-state index in [0.717, 1.165) is 13.0 Å². The molecule has 2 heterocycles. The van der Waals surface area contributed by atoms with Crippen LogP contribution in [-0.2, 0) is 4.74 Å². The number of ether oxygens (including phenoxy) is 1. The SMILES string of the molecule is CSC1C=C2C(=CC1)NC(c1ccccc1)C1CCCOC21. The number of piperidine rings is 1. The molecule has 4 atom stereocenters. The van der Waals surface area contributed by atoms with Crippen molar-refractivity contribution in [2.24, 2.45) is 5.92 Å². The maximum atomic E-state index is 6.24. The largest absolute Gasteiger partial charge is 0.378 e. The second-order valence-corrected chi connectivity index (χ2v) is 7.46. The quantitative estimate of drug-likeness (QED) is 0.889. The van der Waals surface area contributed by atoms with Crippen molar-refractivity contribution < 1.29 is 4.74 Å². The van der Waals surface area contributed by atoms with Crippen molar-refractivity contribution in [3.63, 3.8) is 0 Å². The van der Waals surface area contributed by atoms with Crippen LogP contribution < -0.4 is 5.32 Å². The zero-order valence-corrected chi connectivity index (χ0v) is 13.8. The fourth-order valence-corrected chi connectivity index (χ4v) is 4.57. The molecule has 0 bridgehead atoms. The zero-order chi connectivity index (χ0) is 14.9. The van der Waals surface area contributed by atoms with Gasteiger partial charge in [-0.05, 0) is 31.1 Å². The third-order valence-electron chi connectivity index (χ3n) is 5.11. The van der Waals surface area contributed by atoms with Gasteiger partial charge in [0.15, 0.2) is 0 Å². The number of rotatable bonds is 2. The van der Waals surface area contributed by atoms with Crippen LogP contribution in [0.4, 0.5) is 0 Å². The lowest BCUT2D eigenvalue weighted by molar-refractivity contribution is -0.0238. The summed E-state index contributed by atoms with van der Waals surface area (Å²) in [6.45, 7) is 0.900. The first-order valence-electron chi connectivity index (χ1n) is 8.25. The average Bonchev–Trinajstić information content (AvgIpc) is 2.61. The molecule has 0 amide bonds. The van der Waals surface area contributed by atoms with Gasteiger partial charge >= 0.3 is 0 Å². The molecule has 0 saturated carbocycles. The molecule has 2 saturated heterocycles. The monoisotopic (exact) mass is 313 g/mol. The van der Waals surface area contributed by atoms with E-state index in [1.165, 1.54) is 29.7 Å². The molecule has 1 aromatic rings. The van der Waals surface area contributed by atoms with E-state index >= 15 is 0 Å². The van der Waals surface area contributed by atoms with Gasteiger partial charge < -0.3 is 10.1 Å². The van der Waals surface area contributed by atoms with E-state index in [4.69, 9.17) is 4.74 Å². The summed E-state index contributed by atoms with van der Waals surface area (Å²) >= 11 is 1.93. The summed E-state index contributed by atoms with van der Waals surface area (Å²) in [5, 5.41) is 4.42. The smallest absolute Gasteiger partial charge is 0.0893 e. The summed E-state index contributed by atoms with van der Waals surface area (Å²) < 4.78 is 6.24. The summed E-state index contributed by atoms with van der Waals surface area (Å²) in [6.07, 6.45) is 10.8. The van der Waals surface area contributed by atoms with Gasteiger partial charge in [0.1, 0.15) is 0 Å². The van der Waals surface area contributed by atoms with Gasteiger partial charge in [0.25, 0.3) is 0 Å². The third kappa shape index (κ3) is 2.50. The van der Waals surface area contributed by atoms with Crippen molar-refractivity contribution >= 4 is 11.8 Å². The number of nitrogens with one attached hydrogen (secondary N) is 1. The Kier molecular flexibility index (Phi) is 4.01. The number of allylic oxidation sites excluding steroid dienone is 1. The summed E-state index contributed by atoms with van der Waals surface area (Å²) in [5.41, 5.74) is 4.10. The summed E-state index contributed by atoms with van der Waals surface area (Å²) in [7, 11) is 0. The molecule has 0 aromatic heterocycles. The van der Waals surface area contributed by atoms with Crippen LogP contribution in [0.1, 0.15) is 30.9 Å². The van der Waals surface area contributed by atoms with Gasteiger partial charge in [-0.25, -0.2) is 0 Å². The molecule has 0 radical (unpaired) electrons. The Labute approximate surface area is 137 Å². The standard InChI is InChI=1S/C19H23NOS/c1-22-14-9-10-17-16(12-14)19-15(8-5-11-21-19)18(20-17)13-6-3-2-4-7-13/h2-4,6-7,10,12,14-15,18-20H,5,8-9,11H2,1H3. The van der Waals surface area contributed by atoms with Gasteiger partial charge in [0.05, 0.1) is 12.1 Å². The summed E-state index contributed by atoms with van der Waals surface area (Å²) in [5.74, 6) is 0.542. The van der Waals surface area contributed by atoms with Gasteiger partial charge in [0.2, 0.25) is 0 Å². The van der Waals surface area contributed by atoms with Crippen molar-refractivity contribution in [1.29, 1.82) is 0 Å². The van der Waals surface area contributed by atoms with Crippen LogP contribution in [0.2, 0.25) is 0 Å². The molecule has 3 aliphatic rings. The first-order valence-corrected chi connectivity index (χ1v) is 9.54. The molecule has 2 aliphatic heterocycles. The summed E-state index contributed by atoms with van der Waals surface area (Å²) in [6, 6.07) is 11.2. The molecular formula is C19H23NOS.